The third-order valence-electron chi connectivity index (χ3n) is 4.17. The highest BCUT2D eigenvalue weighted by atomic mass is 35.5. The number of benzene rings is 2. The summed E-state index contributed by atoms with van der Waals surface area (Å²) in [7, 11) is 0. The van der Waals surface area contributed by atoms with Gasteiger partial charge in [-0.25, -0.2) is 4.98 Å². The molecule has 0 spiro atoms. The summed E-state index contributed by atoms with van der Waals surface area (Å²) in [4.78, 5) is 9.29. The molecule has 1 aromatic heterocycles. The van der Waals surface area contributed by atoms with Crippen LogP contribution in [0.15, 0.2) is 54.6 Å². The van der Waals surface area contributed by atoms with Gasteiger partial charge in [-0.15, -0.1) is 0 Å². The van der Waals surface area contributed by atoms with Crippen LogP contribution in [0.4, 0.5) is 17.5 Å². The number of rotatable bonds is 6. The molecule has 0 bridgehead atoms. The molecule has 0 amide bonds. The van der Waals surface area contributed by atoms with Gasteiger partial charge in [0.2, 0.25) is 5.95 Å². The number of nitrogens with zero attached hydrogens (tertiary/aromatic N) is 2. The first-order valence-corrected chi connectivity index (χ1v) is 9.17. The van der Waals surface area contributed by atoms with Crippen LogP contribution in [0.5, 0.6) is 0 Å². The van der Waals surface area contributed by atoms with E-state index < -0.39 is 0 Å². The minimum absolute atomic E-state index is 0.289. The van der Waals surface area contributed by atoms with Crippen LogP contribution in [-0.2, 0) is 0 Å². The standard InChI is InChI=1S/C21H23ClN4/c1-4-15(3)23-21-25-19(16-8-6-5-7-9-16)13-20(26-21)24-18-11-10-14(2)12-17(18)22/h5-13,15H,4H2,1-3H3,(H2,23,24,25,26)/t15-/m1/s1. The zero-order chi connectivity index (χ0) is 18.5. The van der Waals surface area contributed by atoms with Gasteiger partial charge in [0.05, 0.1) is 16.4 Å². The number of nitrogens with one attached hydrogen (secondary N) is 2. The van der Waals surface area contributed by atoms with Crippen LogP contribution >= 0.6 is 11.6 Å². The fraction of sp³-hybridized carbons (Fsp3) is 0.238. The molecule has 1 heterocycles. The van der Waals surface area contributed by atoms with Crippen molar-refractivity contribution in [3.05, 3.63) is 65.2 Å². The van der Waals surface area contributed by atoms with Crippen molar-refractivity contribution in [1.29, 1.82) is 0 Å². The van der Waals surface area contributed by atoms with Crippen molar-refractivity contribution in [2.75, 3.05) is 10.6 Å². The molecular weight excluding hydrogens is 344 g/mol. The summed E-state index contributed by atoms with van der Waals surface area (Å²) in [5.74, 6) is 1.31. The third kappa shape index (κ3) is 4.52. The van der Waals surface area contributed by atoms with Crippen molar-refractivity contribution in [3.63, 3.8) is 0 Å². The Labute approximate surface area is 159 Å². The van der Waals surface area contributed by atoms with Gasteiger partial charge in [0.15, 0.2) is 0 Å². The normalized spacial score (nSPS) is 11.8. The minimum atomic E-state index is 0.289. The molecule has 2 aromatic carbocycles. The molecule has 1 atom stereocenters. The van der Waals surface area contributed by atoms with Crippen LogP contribution in [0, 0.1) is 6.92 Å². The van der Waals surface area contributed by atoms with E-state index in [4.69, 9.17) is 11.6 Å². The molecule has 134 valence electrons. The first-order chi connectivity index (χ1) is 12.5. The number of aryl methyl sites for hydroxylation is 1. The lowest BCUT2D eigenvalue weighted by molar-refractivity contribution is 0.753. The average Bonchev–Trinajstić information content (AvgIpc) is 2.64. The Balaban J connectivity index is 1.98. The number of anilines is 3. The first-order valence-electron chi connectivity index (χ1n) is 8.79. The zero-order valence-corrected chi connectivity index (χ0v) is 16.0. The maximum Gasteiger partial charge on any atom is 0.225 e. The maximum absolute atomic E-state index is 6.36. The molecule has 3 aromatic rings. The predicted octanol–water partition coefficient (Wildman–Crippen LogP) is 6.06. The molecule has 0 aliphatic rings. The largest absolute Gasteiger partial charge is 0.352 e. The Morgan fingerprint density at radius 2 is 1.81 bits per heavy atom. The van der Waals surface area contributed by atoms with Crippen molar-refractivity contribution in [2.45, 2.75) is 33.2 Å². The average molecular weight is 367 g/mol. The summed E-state index contributed by atoms with van der Waals surface area (Å²) >= 11 is 6.36. The van der Waals surface area contributed by atoms with E-state index in [-0.39, 0.29) is 6.04 Å². The van der Waals surface area contributed by atoms with Gasteiger partial charge in [0.25, 0.3) is 0 Å². The van der Waals surface area contributed by atoms with Crippen molar-refractivity contribution < 1.29 is 0 Å². The lowest BCUT2D eigenvalue weighted by Crippen LogP contribution is -2.16. The second-order valence-corrected chi connectivity index (χ2v) is 6.80. The van der Waals surface area contributed by atoms with Crippen molar-refractivity contribution in [2.24, 2.45) is 0 Å². The predicted molar refractivity (Wildman–Crippen MR) is 110 cm³/mol. The second kappa shape index (κ2) is 8.19. The lowest BCUT2D eigenvalue weighted by atomic mass is 10.1. The molecule has 0 fully saturated rings. The highest BCUT2D eigenvalue weighted by Gasteiger charge is 2.10. The van der Waals surface area contributed by atoms with Gasteiger partial charge >= 0.3 is 0 Å². The number of halogens is 1. The van der Waals surface area contributed by atoms with Gasteiger partial charge in [-0.3, -0.25) is 0 Å². The maximum atomic E-state index is 6.36. The van der Waals surface area contributed by atoms with E-state index in [9.17, 15) is 0 Å². The topological polar surface area (TPSA) is 49.8 Å². The van der Waals surface area contributed by atoms with Crippen LogP contribution in [0.1, 0.15) is 25.8 Å². The highest BCUT2D eigenvalue weighted by Crippen LogP contribution is 2.28. The smallest absolute Gasteiger partial charge is 0.225 e. The summed E-state index contributed by atoms with van der Waals surface area (Å²) in [5.41, 5.74) is 3.84. The molecule has 26 heavy (non-hydrogen) atoms. The third-order valence-corrected chi connectivity index (χ3v) is 4.48. The van der Waals surface area contributed by atoms with Crippen LogP contribution in [-0.4, -0.2) is 16.0 Å². The van der Waals surface area contributed by atoms with Crippen molar-refractivity contribution in [1.82, 2.24) is 9.97 Å². The van der Waals surface area contributed by atoms with E-state index in [1.165, 1.54) is 0 Å². The molecule has 4 nitrogen and oxygen atoms in total. The zero-order valence-electron chi connectivity index (χ0n) is 15.3. The molecule has 0 radical (unpaired) electrons. The van der Waals surface area contributed by atoms with Gasteiger partial charge < -0.3 is 10.6 Å². The lowest BCUT2D eigenvalue weighted by Gasteiger charge is -2.15. The summed E-state index contributed by atoms with van der Waals surface area (Å²) in [6.45, 7) is 6.26. The quantitative estimate of drug-likeness (QED) is 0.556. The molecule has 0 aliphatic heterocycles. The van der Waals surface area contributed by atoms with E-state index in [0.717, 1.165) is 28.9 Å². The second-order valence-electron chi connectivity index (χ2n) is 6.39. The van der Waals surface area contributed by atoms with E-state index in [2.05, 4.69) is 34.4 Å². The van der Waals surface area contributed by atoms with E-state index in [0.29, 0.717) is 16.8 Å². The SMILES string of the molecule is CC[C@@H](C)Nc1nc(Nc2ccc(C)cc2Cl)cc(-c2ccccc2)n1. The molecule has 5 heteroatoms. The Morgan fingerprint density at radius 1 is 1.04 bits per heavy atom. The number of aromatic nitrogens is 2. The summed E-state index contributed by atoms with van der Waals surface area (Å²) in [5, 5.41) is 7.34. The van der Waals surface area contributed by atoms with Crippen LogP contribution in [0.25, 0.3) is 11.3 Å². The fourth-order valence-electron chi connectivity index (χ4n) is 2.51. The van der Waals surface area contributed by atoms with Gasteiger partial charge in [0.1, 0.15) is 5.82 Å². The van der Waals surface area contributed by atoms with Crippen LogP contribution in [0.2, 0.25) is 5.02 Å². The Hall–Kier alpha value is -2.59. The van der Waals surface area contributed by atoms with Crippen molar-refractivity contribution in [3.8, 4) is 11.3 Å². The van der Waals surface area contributed by atoms with Crippen molar-refractivity contribution >= 4 is 29.1 Å². The van der Waals surface area contributed by atoms with Gasteiger partial charge in [0, 0.05) is 17.7 Å². The monoisotopic (exact) mass is 366 g/mol. The van der Waals surface area contributed by atoms with E-state index in [1.54, 1.807) is 0 Å². The molecule has 0 aliphatic carbocycles. The van der Waals surface area contributed by atoms with E-state index >= 15 is 0 Å². The van der Waals surface area contributed by atoms with E-state index in [1.807, 2.05) is 61.5 Å². The van der Waals surface area contributed by atoms with Crippen LogP contribution in [0.3, 0.4) is 0 Å². The molecular formula is C21H23ClN4. The molecule has 3 rings (SSSR count). The number of hydrogen-bond donors (Lipinski definition) is 2. The Morgan fingerprint density at radius 3 is 2.50 bits per heavy atom. The van der Waals surface area contributed by atoms with Gasteiger partial charge in [-0.05, 0) is 38.0 Å². The first kappa shape index (κ1) is 18.2. The molecule has 2 N–H and O–H groups in total. The van der Waals surface area contributed by atoms with Crippen LogP contribution < -0.4 is 10.6 Å². The molecule has 0 saturated heterocycles. The molecule has 0 unspecified atom stereocenters. The van der Waals surface area contributed by atoms with Gasteiger partial charge in [-0.2, -0.15) is 4.98 Å². The Kier molecular flexibility index (Phi) is 5.74. The number of hydrogen-bond acceptors (Lipinski definition) is 4. The summed E-state index contributed by atoms with van der Waals surface area (Å²) in [6.07, 6.45) is 0.992. The minimum Gasteiger partial charge on any atom is -0.352 e. The highest BCUT2D eigenvalue weighted by molar-refractivity contribution is 6.33. The fourth-order valence-corrected chi connectivity index (χ4v) is 2.80. The Bertz CT molecular complexity index is 880. The summed E-state index contributed by atoms with van der Waals surface area (Å²) in [6, 6.07) is 18.2. The molecule has 0 saturated carbocycles. The summed E-state index contributed by atoms with van der Waals surface area (Å²) < 4.78 is 0. The van der Waals surface area contributed by atoms with Gasteiger partial charge in [-0.1, -0.05) is 54.9 Å².